The number of rotatable bonds is 4. The largest absolute Gasteiger partial charge is 0.494 e. The van der Waals surface area contributed by atoms with Gasteiger partial charge in [-0.1, -0.05) is 0 Å². The van der Waals surface area contributed by atoms with E-state index in [-0.39, 0.29) is 12.2 Å². The third kappa shape index (κ3) is 2.05. The molecule has 4 nitrogen and oxygen atoms in total. The lowest BCUT2D eigenvalue weighted by Gasteiger charge is -2.06. The van der Waals surface area contributed by atoms with Gasteiger partial charge in [0.25, 0.3) is 0 Å². The standard InChI is InChI=1S/C12H10F2O4/c1-18-10-4-8(13)7(3-9(10)14)11(15)5-2-6(5)12(16)17/h3-6H,2H2,1H3,(H,16,17). The third-order valence-corrected chi connectivity index (χ3v) is 2.95. The van der Waals surface area contributed by atoms with Crippen LogP contribution in [-0.2, 0) is 4.79 Å². The SMILES string of the molecule is COc1cc(F)c(C(=O)C2CC2C(=O)O)cc1F. The predicted octanol–water partition coefficient (Wildman–Crippen LogP) is 1.88. The lowest BCUT2D eigenvalue weighted by Crippen LogP contribution is -2.10. The Morgan fingerprint density at radius 2 is 1.94 bits per heavy atom. The summed E-state index contributed by atoms with van der Waals surface area (Å²) < 4.78 is 31.5. The van der Waals surface area contributed by atoms with E-state index in [0.717, 1.165) is 12.1 Å². The third-order valence-electron chi connectivity index (χ3n) is 2.95. The first-order valence-electron chi connectivity index (χ1n) is 5.25. The number of ether oxygens (including phenoxy) is 1. The molecule has 0 aliphatic heterocycles. The first kappa shape index (κ1) is 12.5. The fourth-order valence-electron chi connectivity index (χ4n) is 1.83. The van der Waals surface area contributed by atoms with Crippen LogP contribution in [0.25, 0.3) is 0 Å². The van der Waals surface area contributed by atoms with Crippen molar-refractivity contribution in [2.45, 2.75) is 6.42 Å². The van der Waals surface area contributed by atoms with Gasteiger partial charge < -0.3 is 9.84 Å². The Labute approximate surface area is 101 Å². The van der Waals surface area contributed by atoms with Gasteiger partial charge in [0.15, 0.2) is 17.3 Å². The Bertz CT molecular complexity index is 527. The van der Waals surface area contributed by atoms with Crippen molar-refractivity contribution < 1.29 is 28.2 Å². The molecule has 2 rings (SSSR count). The average Bonchev–Trinajstić information content (AvgIpc) is 3.10. The molecule has 0 bridgehead atoms. The summed E-state index contributed by atoms with van der Waals surface area (Å²) in [5.74, 6) is -5.38. The zero-order valence-electron chi connectivity index (χ0n) is 9.44. The highest BCUT2D eigenvalue weighted by Gasteiger charge is 2.48. The highest BCUT2D eigenvalue weighted by Crippen LogP contribution is 2.41. The normalized spacial score (nSPS) is 21.5. The van der Waals surface area contributed by atoms with Gasteiger partial charge in [-0.05, 0) is 12.5 Å². The molecule has 0 heterocycles. The minimum atomic E-state index is -1.09. The molecular formula is C12H10F2O4. The number of carbonyl (C=O) groups is 2. The van der Waals surface area contributed by atoms with Crippen LogP contribution in [0.3, 0.4) is 0 Å². The number of halogens is 2. The van der Waals surface area contributed by atoms with E-state index in [1.165, 1.54) is 7.11 Å². The first-order chi connectivity index (χ1) is 8.45. The summed E-state index contributed by atoms with van der Waals surface area (Å²) in [4.78, 5) is 22.4. The second kappa shape index (κ2) is 4.36. The van der Waals surface area contributed by atoms with Crippen LogP contribution < -0.4 is 4.74 Å². The van der Waals surface area contributed by atoms with Gasteiger partial charge in [-0.3, -0.25) is 9.59 Å². The molecule has 1 fully saturated rings. The number of methoxy groups -OCH3 is 1. The number of carboxylic acids is 1. The summed E-state index contributed by atoms with van der Waals surface area (Å²) >= 11 is 0. The van der Waals surface area contributed by atoms with Crippen LogP contribution in [0.2, 0.25) is 0 Å². The van der Waals surface area contributed by atoms with E-state index in [0.29, 0.717) is 0 Å². The van der Waals surface area contributed by atoms with E-state index in [2.05, 4.69) is 4.74 Å². The molecule has 2 atom stereocenters. The quantitative estimate of drug-likeness (QED) is 0.835. The molecule has 2 unspecified atom stereocenters. The average molecular weight is 256 g/mol. The molecule has 1 aliphatic carbocycles. The smallest absolute Gasteiger partial charge is 0.307 e. The molecule has 1 saturated carbocycles. The highest BCUT2D eigenvalue weighted by molar-refractivity contribution is 6.02. The number of carboxylic acid groups (broad SMARTS) is 1. The van der Waals surface area contributed by atoms with Crippen LogP contribution in [0.5, 0.6) is 5.75 Å². The number of hydrogen-bond donors (Lipinski definition) is 1. The Morgan fingerprint density at radius 1 is 1.28 bits per heavy atom. The predicted molar refractivity (Wildman–Crippen MR) is 56.5 cm³/mol. The molecule has 1 aromatic carbocycles. The van der Waals surface area contributed by atoms with E-state index < -0.39 is 40.8 Å². The van der Waals surface area contributed by atoms with Crippen LogP contribution in [-0.4, -0.2) is 24.0 Å². The topological polar surface area (TPSA) is 63.6 Å². The maximum absolute atomic E-state index is 13.6. The molecule has 0 radical (unpaired) electrons. The molecule has 0 aromatic heterocycles. The minimum absolute atomic E-state index is 0.168. The second-order valence-corrected chi connectivity index (χ2v) is 4.12. The van der Waals surface area contributed by atoms with Gasteiger partial charge in [-0.25, -0.2) is 8.78 Å². The summed E-state index contributed by atoms with van der Waals surface area (Å²) in [6, 6.07) is 1.52. The van der Waals surface area contributed by atoms with Crippen molar-refractivity contribution in [2.75, 3.05) is 7.11 Å². The molecule has 96 valence electrons. The Morgan fingerprint density at radius 3 is 2.44 bits per heavy atom. The molecule has 6 heteroatoms. The molecular weight excluding hydrogens is 246 g/mol. The van der Waals surface area contributed by atoms with E-state index in [1.54, 1.807) is 0 Å². The summed E-state index contributed by atoms with van der Waals surface area (Å²) in [7, 11) is 1.18. The van der Waals surface area contributed by atoms with E-state index >= 15 is 0 Å². The van der Waals surface area contributed by atoms with Crippen molar-refractivity contribution in [2.24, 2.45) is 11.8 Å². The fraction of sp³-hybridized carbons (Fsp3) is 0.333. The number of aliphatic carboxylic acids is 1. The van der Waals surface area contributed by atoms with Crippen molar-refractivity contribution >= 4 is 11.8 Å². The van der Waals surface area contributed by atoms with Gasteiger partial charge in [-0.2, -0.15) is 0 Å². The maximum atomic E-state index is 13.6. The van der Waals surface area contributed by atoms with Gasteiger partial charge in [0.1, 0.15) is 5.82 Å². The summed E-state index contributed by atoms with van der Waals surface area (Å²) in [5.41, 5.74) is -0.429. The molecule has 0 spiro atoms. The number of carbonyl (C=O) groups excluding carboxylic acids is 1. The van der Waals surface area contributed by atoms with Crippen molar-refractivity contribution in [3.63, 3.8) is 0 Å². The molecule has 0 amide bonds. The lowest BCUT2D eigenvalue weighted by molar-refractivity contribution is -0.138. The van der Waals surface area contributed by atoms with Gasteiger partial charge in [0, 0.05) is 12.0 Å². The van der Waals surface area contributed by atoms with Gasteiger partial charge in [-0.15, -0.1) is 0 Å². The number of ketones is 1. The van der Waals surface area contributed by atoms with E-state index in [1.807, 2.05) is 0 Å². The summed E-state index contributed by atoms with van der Waals surface area (Å²) in [6.45, 7) is 0. The maximum Gasteiger partial charge on any atom is 0.307 e. The Hall–Kier alpha value is -1.98. The van der Waals surface area contributed by atoms with Crippen LogP contribution in [0, 0.1) is 23.5 Å². The highest BCUT2D eigenvalue weighted by atomic mass is 19.1. The molecule has 18 heavy (non-hydrogen) atoms. The second-order valence-electron chi connectivity index (χ2n) is 4.12. The summed E-state index contributed by atoms with van der Waals surface area (Å²) in [5, 5.41) is 8.69. The fourth-order valence-corrected chi connectivity index (χ4v) is 1.83. The zero-order valence-corrected chi connectivity index (χ0v) is 9.44. The van der Waals surface area contributed by atoms with Crippen molar-refractivity contribution in [3.05, 3.63) is 29.3 Å². The first-order valence-corrected chi connectivity index (χ1v) is 5.25. The number of benzene rings is 1. The van der Waals surface area contributed by atoms with Crippen LogP contribution in [0.1, 0.15) is 16.8 Å². The van der Waals surface area contributed by atoms with Crippen molar-refractivity contribution in [3.8, 4) is 5.75 Å². The Kier molecular flexibility index (Phi) is 3.02. The van der Waals surface area contributed by atoms with Crippen molar-refractivity contribution in [1.29, 1.82) is 0 Å². The number of Topliss-reactive ketones (excluding diaryl/α,β-unsaturated/α-hetero) is 1. The lowest BCUT2D eigenvalue weighted by atomic mass is 10.0. The molecule has 0 saturated heterocycles. The van der Waals surface area contributed by atoms with Crippen LogP contribution >= 0.6 is 0 Å². The monoisotopic (exact) mass is 256 g/mol. The number of hydrogen-bond acceptors (Lipinski definition) is 3. The zero-order chi connectivity index (χ0) is 13.4. The van der Waals surface area contributed by atoms with E-state index in [4.69, 9.17) is 5.11 Å². The molecule has 1 N–H and O–H groups in total. The van der Waals surface area contributed by atoms with Crippen molar-refractivity contribution in [1.82, 2.24) is 0 Å². The Balaban J connectivity index is 2.27. The van der Waals surface area contributed by atoms with Crippen LogP contribution in [0.4, 0.5) is 8.78 Å². The van der Waals surface area contributed by atoms with Crippen LogP contribution in [0.15, 0.2) is 12.1 Å². The van der Waals surface area contributed by atoms with Gasteiger partial charge >= 0.3 is 5.97 Å². The molecule has 1 aliphatic rings. The molecule has 1 aromatic rings. The van der Waals surface area contributed by atoms with E-state index in [9.17, 15) is 18.4 Å². The van der Waals surface area contributed by atoms with Gasteiger partial charge in [0.05, 0.1) is 18.6 Å². The summed E-state index contributed by atoms with van der Waals surface area (Å²) in [6.07, 6.45) is 0.168. The minimum Gasteiger partial charge on any atom is -0.494 e. The van der Waals surface area contributed by atoms with Gasteiger partial charge in [0.2, 0.25) is 0 Å².